The van der Waals surface area contributed by atoms with E-state index in [4.69, 9.17) is 5.73 Å². The van der Waals surface area contributed by atoms with E-state index in [-0.39, 0.29) is 5.91 Å². The van der Waals surface area contributed by atoms with Crippen molar-refractivity contribution >= 4 is 5.91 Å². The van der Waals surface area contributed by atoms with Crippen LogP contribution in [0.1, 0.15) is 52.4 Å². The summed E-state index contributed by atoms with van der Waals surface area (Å²) in [7, 11) is 0. The minimum absolute atomic E-state index is 0.208. The van der Waals surface area contributed by atoms with Crippen LogP contribution in [0.5, 0.6) is 0 Å². The zero-order valence-corrected chi connectivity index (χ0v) is 12.5. The van der Waals surface area contributed by atoms with Gasteiger partial charge in [-0.3, -0.25) is 9.69 Å². The van der Waals surface area contributed by atoms with E-state index in [0.29, 0.717) is 24.0 Å². The fraction of sp³-hybridized carbons (Fsp3) is 0.933. The molecule has 1 saturated heterocycles. The van der Waals surface area contributed by atoms with Gasteiger partial charge in [0.15, 0.2) is 0 Å². The lowest BCUT2D eigenvalue weighted by molar-refractivity contribution is -0.119. The predicted octanol–water partition coefficient (Wildman–Crippen LogP) is 1.49. The monoisotopic (exact) mass is 267 g/mol. The zero-order valence-electron chi connectivity index (χ0n) is 12.5. The Hall–Kier alpha value is -0.610. The number of nitrogens with two attached hydrogens (primary N) is 1. The normalized spacial score (nSPS) is 29.3. The lowest BCUT2D eigenvalue weighted by atomic mass is 9.75. The van der Waals surface area contributed by atoms with Crippen molar-refractivity contribution in [3.8, 4) is 0 Å². The average molecular weight is 267 g/mol. The van der Waals surface area contributed by atoms with Crippen molar-refractivity contribution in [2.24, 2.45) is 11.1 Å². The van der Waals surface area contributed by atoms with Crippen LogP contribution in [0.4, 0.5) is 0 Å². The number of rotatable bonds is 4. The lowest BCUT2D eigenvalue weighted by Crippen LogP contribution is -2.49. The van der Waals surface area contributed by atoms with Gasteiger partial charge in [-0.25, -0.2) is 0 Å². The number of nitrogens with zero attached hydrogens (tertiary/aromatic N) is 1. The molecule has 2 rings (SSSR count). The van der Waals surface area contributed by atoms with Crippen LogP contribution in [0.25, 0.3) is 0 Å². The summed E-state index contributed by atoms with van der Waals surface area (Å²) in [6, 6.07) is 1.32. The molecule has 3 N–H and O–H groups in total. The molecule has 1 heterocycles. The number of carbonyl (C=O) groups excluding carboxylic acids is 1. The predicted molar refractivity (Wildman–Crippen MR) is 77.8 cm³/mol. The number of primary amides is 1. The van der Waals surface area contributed by atoms with E-state index in [1.54, 1.807) is 0 Å². The Morgan fingerprint density at radius 1 is 1.26 bits per heavy atom. The highest BCUT2D eigenvalue weighted by molar-refractivity contribution is 5.75. The Morgan fingerprint density at radius 3 is 2.53 bits per heavy atom. The first-order valence-corrected chi connectivity index (χ1v) is 7.71. The Morgan fingerprint density at radius 2 is 1.95 bits per heavy atom. The van der Waals surface area contributed by atoms with E-state index in [9.17, 15) is 4.79 Å². The van der Waals surface area contributed by atoms with Crippen molar-refractivity contribution in [2.75, 3.05) is 19.6 Å². The van der Waals surface area contributed by atoms with Crippen LogP contribution >= 0.6 is 0 Å². The SMILES string of the molecule is CC1(C)CCCC(NC2CCN(CC(N)=O)CC2)C1. The highest BCUT2D eigenvalue weighted by Gasteiger charge is 2.30. The first-order chi connectivity index (χ1) is 8.94. The number of hydrogen-bond acceptors (Lipinski definition) is 3. The maximum Gasteiger partial charge on any atom is 0.231 e. The molecule has 1 saturated carbocycles. The van der Waals surface area contributed by atoms with Crippen molar-refractivity contribution in [1.82, 2.24) is 10.2 Å². The molecule has 1 unspecified atom stereocenters. The van der Waals surface area contributed by atoms with Crippen LogP contribution in [0.15, 0.2) is 0 Å². The van der Waals surface area contributed by atoms with E-state index in [1.165, 1.54) is 25.7 Å². The Labute approximate surface area is 117 Å². The summed E-state index contributed by atoms with van der Waals surface area (Å²) in [6.45, 7) is 7.18. The molecule has 1 aliphatic heterocycles. The third-order valence-corrected chi connectivity index (χ3v) is 4.64. The summed E-state index contributed by atoms with van der Waals surface area (Å²) in [6.07, 6.45) is 7.63. The molecule has 0 radical (unpaired) electrons. The van der Waals surface area contributed by atoms with E-state index in [1.807, 2.05) is 0 Å². The molecule has 110 valence electrons. The van der Waals surface area contributed by atoms with Gasteiger partial charge in [-0.05, 0) is 37.5 Å². The quantitative estimate of drug-likeness (QED) is 0.811. The summed E-state index contributed by atoms with van der Waals surface area (Å²) >= 11 is 0. The molecule has 0 bridgehead atoms. The summed E-state index contributed by atoms with van der Waals surface area (Å²) in [4.78, 5) is 13.1. The molecule has 1 atom stereocenters. The minimum atomic E-state index is -0.208. The van der Waals surface area contributed by atoms with Gasteiger partial charge in [0, 0.05) is 25.2 Å². The summed E-state index contributed by atoms with van der Waals surface area (Å²) in [5.74, 6) is -0.208. The number of nitrogens with one attached hydrogen (secondary N) is 1. The highest BCUT2D eigenvalue weighted by Crippen LogP contribution is 2.35. The van der Waals surface area contributed by atoms with Gasteiger partial charge in [0.2, 0.25) is 5.91 Å². The standard InChI is InChI=1S/C15H29N3O/c1-15(2)7-3-4-13(10-15)17-12-5-8-18(9-6-12)11-14(16)19/h12-13,17H,3-11H2,1-2H3,(H2,16,19). The van der Waals surface area contributed by atoms with Crippen molar-refractivity contribution in [3.05, 3.63) is 0 Å². The van der Waals surface area contributed by atoms with Gasteiger partial charge in [0.25, 0.3) is 0 Å². The second-order valence-electron chi connectivity index (χ2n) is 7.14. The van der Waals surface area contributed by atoms with Crippen LogP contribution in [-0.2, 0) is 4.79 Å². The molecule has 1 amide bonds. The summed E-state index contributed by atoms with van der Waals surface area (Å²) in [5, 5.41) is 3.84. The van der Waals surface area contributed by atoms with Crippen molar-refractivity contribution in [2.45, 2.75) is 64.5 Å². The van der Waals surface area contributed by atoms with Crippen molar-refractivity contribution < 1.29 is 4.79 Å². The van der Waals surface area contributed by atoms with Gasteiger partial charge in [0.1, 0.15) is 0 Å². The topological polar surface area (TPSA) is 58.4 Å². The molecule has 4 heteroatoms. The smallest absolute Gasteiger partial charge is 0.231 e. The average Bonchev–Trinajstić information content (AvgIpc) is 2.30. The van der Waals surface area contributed by atoms with Crippen molar-refractivity contribution in [3.63, 3.8) is 0 Å². The van der Waals surface area contributed by atoms with Crippen LogP contribution in [-0.4, -0.2) is 42.5 Å². The molecule has 1 aliphatic carbocycles. The van der Waals surface area contributed by atoms with Gasteiger partial charge >= 0.3 is 0 Å². The first-order valence-electron chi connectivity index (χ1n) is 7.71. The largest absolute Gasteiger partial charge is 0.369 e. The molecule has 0 aromatic rings. The van der Waals surface area contributed by atoms with E-state index >= 15 is 0 Å². The third-order valence-electron chi connectivity index (χ3n) is 4.64. The fourth-order valence-corrected chi connectivity index (χ4v) is 3.65. The Balaban J connectivity index is 1.72. The number of amides is 1. The molecular weight excluding hydrogens is 238 g/mol. The second kappa shape index (κ2) is 6.23. The zero-order chi connectivity index (χ0) is 13.9. The maximum absolute atomic E-state index is 10.9. The second-order valence-corrected chi connectivity index (χ2v) is 7.14. The van der Waals surface area contributed by atoms with Gasteiger partial charge < -0.3 is 11.1 Å². The Bertz CT molecular complexity index is 309. The summed E-state index contributed by atoms with van der Waals surface area (Å²) < 4.78 is 0. The van der Waals surface area contributed by atoms with Crippen LogP contribution in [0.3, 0.4) is 0 Å². The van der Waals surface area contributed by atoms with Crippen LogP contribution < -0.4 is 11.1 Å². The molecule has 19 heavy (non-hydrogen) atoms. The van der Waals surface area contributed by atoms with E-state index < -0.39 is 0 Å². The fourth-order valence-electron chi connectivity index (χ4n) is 3.65. The van der Waals surface area contributed by atoms with Crippen LogP contribution in [0.2, 0.25) is 0 Å². The van der Waals surface area contributed by atoms with Crippen LogP contribution in [0, 0.1) is 5.41 Å². The molecule has 2 aliphatic rings. The lowest BCUT2D eigenvalue weighted by Gasteiger charge is -2.39. The first kappa shape index (κ1) is 14.8. The van der Waals surface area contributed by atoms with Gasteiger partial charge in [-0.1, -0.05) is 20.3 Å². The third kappa shape index (κ3) is 4.77. The van der Waals surface area contributed by atoms with E-state index in [0.717, 1.165) is 25.9 Å². The number of piperidine rings is 1. The maximum atomic E-state index is 10.9. The number of hydrogen-bond donors (Lipinski definition) is 2. The molecule has 0 spiro atoms. The number of likely N-dealkylation sites (tertiary alicyclic amines) is 1. The molecule has 0 aromatic heterocycles. The minimum Gasteiger partial charge on any atom is -0.369 e. The molecular formula is C15H29N3O. The number of carbonyl (C=O) groups is 1. The van der Waals surface area contributed by atoms with Gasteiger partial charge in [0.05, 0.1) is 6.54 Å². The van der Waals surface area contributed by atoms with E-state index in [2.05, 4.69) is 24.1 Å². The molecule has 4 nitrogen and oxygen atoms in total. The summed E-state index contributed by atoms with van der Waals surface area (Å²) in [5.41, 5.74) is 5.74. The Kier molecular flexibility index (Phi) is 4.85. The van der Waals surface area contributed by atoms with Crippen molar-refractivity contribution in [1.29, 1.82) is 0 Å². The van der Waals surface area contributed by atoms with Gasteiger partial charge in [-0.2, -0.15) is 0 Å². The van der Waals surface area contributed by atoms with Gasteiger partial charge in [-0.15, -0.1) is 0 Å². The molecule has 0 aromatic carbocycles. The highest BCUT2D eigenvalue weighted by atomic mass is 16.1. The molecule has 2 fully saturated rings.